The second-order valence-electron chi connectivity index (χ2n) is 4.44. The van der Waals surface area contributed by atoms with E-state index in [1.165, 1.54) is 7.11 Å². The molecule has 0 aliphatic heterocycles. The number of benzene rings is 2. The standard InChI is InChI=1S/C15H12ClN3O2S/c1-21-15(20)19-14-17-12-7-6-11(8-13(12)18-14)22-10-4-2-9(16)3-5-10/h2-8H,1H3,(H2,17,18,19,20). The lowest BCUT2D eigenvalue weighted by Crippen LogP contribution is -2.11. The smallest absolute Gasteiger partial charge is 0.413 e. The molecule has 0 spiro atoms. The molecule has 0 aliphatic carbocycles. The van der Waals surface area contributed by atoms with Crippen LogP contribution in [0.15, 0.2) is 52.3 Å². The molecule has 3 rings (SSSR count). The van der Waals surface area contributed by atoms with E-state index >= 15 is 0 Å². The average Bonchev–Trinajstić information content (AvgIpc) is 2.91. The van der Waals surface area contributed by atoms with Crippen molar-refractivity contribution in [3.05, 3.63) is 47.5 Å². The monoisotopic (exact) mass is 333 g/mol. The Morgan fingerprint density at radius 2 is 1.95 bits per heavy atom. The van der Waals surface area contributed by atoms with Gasteiger partial charge in [0.05, 0.1) is 18.1 Å². The second kappa shape index (κ2) is 6.29. The van der Waals surface area contributed by atoms with E-state index in [1.54, 1.807) is 11.8 Å². The van der Waals surface area contributed by atoms with Crippen molar-refractivity contribution in [3.63, 3.8) is 0 Å². The van der Waals surface area contributed by atoms with E-state index < -0.39 is 6.09 Å². The average molecular weight is 334 g/mol. The van der Waals surface area contributed by atoms with Gasteiger partial charge in [0.2, 0.25) is 5.95 Å². The molecule has 22 heavy (non-hydrogen) atoms. The molecule has 5 nitrogen and oxygen atoms in total. The number of amides is 1. The molecule has 0 aliphatic rings. The molecular formula is C15H12ClN3O2S. The van der Waals surface area contributed by atoms with Crippen LogP contribution in [0.1, 0.15) is 0 Å². The summed E-state index contributed by atoms with van der Waals surface area (Å²) in [7, 11) is 1.30. The highest BCUT2D eigenvalue weighted by Gasteiger charge is 2.07. The number of nitrogens with zero attached hydrogens (tertiary/aromatic N) is 1. The maximum Gasteiger partial charge on any atom is 0.413 e. The van der Waals surface area contributed by atoms with Crippen LogP contribution in [-0.4, -0.2) is 23.2 Å². The third-order valence-corrected chi connectivity index (χ3v) is 4.16. The van der Waals surface area contributed by atoms with E-state index in [0.717, 1.165) is 20.8 Å². The Labute approximate surface area is 136 Å². The first kappa shape index (κ1) is 14.7. The van der Waals surface area contributed by atoms with Crippen LogP contribution in [0.4, 0.5) is 10.7 Å². The van der Waals surface area contributed by atoms with Crippen molar-refractivity contribution in [2.75, 3.05) is 12.4 Å². The Morgan fingerprint density at radius 3 is 2.68 bits per heavy atom. The molecule has 2 aromatic carbocycles. The van der Waals surface area contributed by atoms with Crippen LogP contribution >= 0.6 is 23.4 Å². The van der Waals surface area contributed by atoms with Gasteiger partial charge >= 0.3 is 6.09 Å². The molecule has 0 fully saturated rings. The minimum atomic E-state index is -0.560. The molecule has 0 saturated heterocycles. The summed E-state index contributed by atoms with van der Waals surface area (Å²) < 4.78 is 4.54. The van der Waals surface area contributed by atoms with Crippen LogP contribution in [0.5, 0.6) is 0 Å². The minimum Gasteiger partial charge on any atom is -0.453 e. The molecule has 3 aromatic rings. The van der Waals surface area contributed by atoms with E-state index in [-0.39, 0.29) is 0 Å². The number of aromatic amines is 1. The van der Waals surface area contributed by atoms with Crippen molar-refractivity contribution in [1.29, 1.82) is 0 Å². The first-order valence-corrected chi connectivity index (χ1v) is 7.61. The number of carbonyl (C=O) groups excluding carboxylic acids is 1. The van der Waals surface area contributed by atoms with Gasteiger partial charge in [0, 0.05) is 14.8 Å². The van der Waals surface area contributed by atoms with Crippen molar-refractivity contribution < 1.29 is 9.53 Å². The fourth-order valence-corrected chi connectivity index (χ4v) is 2.87. The number of imidazole rings is 1. The number of H-pyrrole nitrogens is 1. The summed E-state index contributed by atoms with van der Waals surface area (Å²) in [6, 6.07) is 13.5. The third-order valence-electron chi connectivity index (χ3n) is 2.91. The van der Waals surface area contributed by atoms with Gasteiger partial charge in [-0.3, -0.25) is 5.32 Å². The van der Waals surface area contributed by atoms with Gasteiger partial charge in [0.25, 0.3) is 0 Å². The maximum atomic E-state index is 11.2. The summed E-state index contributed by atoms with van der Waals surface area (Å²) >= 11 is 7.50. The van der Waals surface area contributed by atoms with Gasteiger partial charge < -0.3 is 9.72 Å². The predicted octanol–water partition coefficient (Wildman–Crippen LogP) is 4.55. The lowest BCUT2D eigenvalue weighted by atomic mass is 10.3. The highest BCUT2D eigenvalue weighted by molar-refractivity contribution is 7.99. The van der Waals surface area contributed by atoms with E-state index in [2.05, 4.69) is 20.0 Å². The molecule has 1 heterocycles. The lowest BCUT2D eigenvalue weighted by molar-refractivity contribution is 0.186. The van der Waals surface area contributed by atoms with Crippen LogP contribution in [0, 0.1) is 0 Å². The number of methoxy groups -OCH3 is 1. The molecule has 0 saturated carbocycles. The third kappa shape index (κ3) is 3.35. The highest BCUT2D eigenvalue weighted by Crippen LogP contribution is 2.30. The number of carbonyl (C=O) groups is 1. The van der Waals surface area contributed by atoms with Crippen LogP contribution in [-0.2, 0) is 4.74 Å². The molecule has 112 valence electrons. The van der Waals surface area contributed by atoms with Crippen molar-refractivity contribution >= 4 is 46.4 Å². The number of hydrogen-bond donors (Lipinski definition) is 2. The summed E-state index contributed by atoms with van der Waals surface area (Å²) in [4.78, 5) is 20.6. The van der Waals surface area contributed by atoms with Gasteiger partial charge in [0.15, 0.2) is 0 Å². The SMILES string of the molecule is COC(=O)Nc1nc2cc(Sc3ccc(Cl)cc3)ccc2[nH]1. The minimum absolute atomic E-state index is 0.357. The molecule has 0 bridgehead atoms. The molecule has 7 heteroatoms. The van der Waals surface area contributed by atoms with Crippen LogP contribution < -0.4 is 5.32 Å². The molecule has 0 atom stereocenters. The highest BCUT2D eigenvalue weighted by atomic mass is 35.5. The van der Waals surface area contributed by atoms with Gasteiger partial charge in [-0.15, -0.1) is 0 Å². The number of anilines is 1. The number of aromatic nitrogens is 2. The summed E-state index contributed by atoms with van der Waals surface area (Å²) in [5.41, 5.74) is 1.61. The van der Waals surface area contributed by atoms with Crippen molar-refractivity contribution in [2.45, 2.75) is 9.79 Å². The fourth-order valence-electron chi connectivity index (χ4n) is 1.89. The molecule has 1 amide bonds. The number of hydrogen-bond acceptors (Lipinski definition) is 4. The van der Waals surface area contributed by atoms with Crippen LogP contribution in [0.3, 0.4) is 0 Å². The Bertz CT molecular complexity index is 817. The fraction of sp³-hybridized carbons (Fsp3) is 0.0667. The number of halogens is 1. The number of nitrogens with one attached hydrogen (secondary N) is 2. The van der Waals surface area contributed by atoms with Crippen LogP contribution in [0.25, 0.3) is 11.0 Å². The van der Waals surface area contributed by atoms with Crippen molar-refractivity contribution in [1.82, 2.24) is 9.97 Å². The zero-order valence-electron chi connectivity index (χ0n) is 11.6. The Morgan fingerprint density at radius 1 is 1.23 bits per heavy atom. The molecule has 0 unspecified atom stereocenters. The Balaban J connectivity index is 1.83. The molecular weight excluding hydrogens is 322 g/mol. The van der Waals surface area contributed by atoms with Gasteiger partial charge in [-0.25, -0.2) is 9.78 Å². The first-order valence-electron chi connectivity index (χ1n) is 6.42. The van der Waals surface area contributed by atoms with E-state index in [4.69, 9.17) is 11.6 Å². The quantitative estimate of drug-likeness (QED) is 0.738. The lowest BCUT2D eigenvalue weighted by Gasteiger charge is -2.01. The summed E-state index contributed by atoms with van der Waals surface area (Å²) in [6.45, 7) is 0. The summed E-state index contributed by atoms with van der Waals surface area (Å²) in [6.07, 6.45) is -0.560. The number of rotatable bonds is 3. The summed E-state index contributed by atoms with van der Waals surface area (Å²) in [5, 5.41) is 3.22. The Hall–Kier alpha value is -2.18. The molecule has 2 N–H and O–H groups in total. The molecule has 0 radical (unpaired) electrons. The number of fused-ring (bicyclic) bond motifs is 1. The van der Waals surface area contributed by atoms with Crippen molar-refractivity contribution in [2.24, 2.45) is 0 Å². The van der Waals surface area contributed by atoms with E-state index in [0.29, 0.717) is 11.0 Å². The zero-order valence-corrected chi connectivity index (χ0v) is 13.2. The van der Waals surface area contributed by atoms with E-state index in [9.17, 15) is 4.79 Å². The second-order valence-corrected chi connectivity index (χ2v) is 6.02. The summed E-state index contributed by atoms with van der Waals surface area (Å²) in [5.74, 6) is 0.357. The predicted molar refractivity (Wildman–Crippen MR) is 87.7 cm³/mol. The number of ether oxygens (including phenoxy) is 1. The van der Waals surface area contributed by atoms with E-state index in [1.807, 2.05) is 42.5 Å². The normalized spacial score (nSPS) is 10.6. The first-order chi connectivity index (χ1) is 10.6. The topological polar surface area (TPSA) is 67.0 Å². The van der Waals surface area contributed by atoms with Gasteiger partial charge in [-0.2, -0.15) is 0 Å². The van der Waals surface area contributed by atoms with Gasteiger partial charge in [-0.1, -0.05) is 23.4 Å². The largest absolute Gasteiger partial charge is 0.453 e. The Kier molecular flexibility index (Phi) is 4.22. The van der Waals surface area contributed by atoms with Crippen LogP contribution in [0.2, 0.25) is 5.02 Å². The van der Waals surface area contributed by atoms with Crippen molar-refractivity contribution in [3.8, 4) is 0 Å². The zero-order chi connectivity index (χ0) is 15.5. The van der Waals surface area contributed by atoms with Gasteiger partial charge in [-0.05, 0) is 42.5 Å². The molecule has 1 aromatic heterocycles. The maximum absolute atomic E-state index is 11.2. The van der Waals surface area contributed by atoms with Gasteiger partial charge in [0.1, 0.15) is 0 Å².